The molecule has 0 aliphatic heterocycles. The molecule has 6 heteroatoms. The molecule has 1 rings (SSSR count). The van der Waals surface area contributed by atoms with Crippen LogP contribution in [0.2, 0.25) is 0 Å². The molecule has 1 atom stereocenters. The Bertz CT molecular complexity index is 317. The number of hydrogen-bond acceptors (Lipinski definition) is 5. The lowest BCUT2D eigenvalue weighted by Gasteiger charge is -2.17. The highest BCUT2D eigenvalue weighted by molar-refractivity contribution is 8.00. The Morgan fingerprint density at radius 1 is 1.60 bits per heavy atom. The number of nitrogens with zero attached hydrogens (tertiary/aromatic N) is 2. The standard InChI is InChI=1S/C9H14N4OS/c1-6(2)8(9(14)13-10)15-7-3-4-11-5-12-7/h3-6,8H,10H2,1-2H3,(H,13,14). The number of rotatable bonds is 4. The Morgan fingerprint density at radius 2 is 2.33 bits per heavy atom. The minimum atomic E-state index is -0.232. The van der Waals surface area contributed by atoms with Gasteiger partial charge in [0.2, 0.25) is 5.91 Å². The number of aromatic nitrogens is 2. The number of amides is 1. The van der Waals surface area contributed by atoms with Crippen LogP contribution in [0, 0.1) is 5.92 Å². The van der Waals surface area contributed by atoms with Gasteiger partial charge in [0.25, 0.3) is 0 Å². The van der Waals surface area contributed by atoms with Gasteiger partial charge in [-0.2, -0.15) is 0 Å². The fourth-order valence-corrected chi connectivity index (χ4v) is 2.01. The zero-order valence-corrected chi connectivity index (χ0v) is 9.49. The molecule has 0 bridgehead atoms. The first-order chi connectivity index (χ1) is 7.15. The van der Waals surface area contributed by atoms with E-state index < -0.39 is 0 Å². The first-order valence-electron chi connectivity index (χ1n) is 4.58. The van der Waals surface area contributed by atoms with Crippen LogP contribution in [0.5, 0.6) is 0 Å². The molecule has 5 nitrogen and oxygen atoms in total. The normalized spacial score (nSPS) is 12.5. The van der Waals surface area contributed by atoms with Crippen molar-refractivity contribution in [3.8, 4) is 0 Å². The molecule has 3 N–H and O–H groups in total. The minimum absolute atomic E-state index is 0.186. The van der Waals surface area contributed by atoms with Gasteiger partial charge in [0.05, 0.1) is 5.25 Å². The Labute approximate surface area is 92.8 Å². The second-order valence-corrected chi connectivity index (χ2v) is 4.50. The van der Waals surface area contributed by atoms with Crippen LogP contribution in [-0.2, 0) is 4.79 Å². The molecule has 1 unspecified atom stereocenters. The maximum Gasteiger partial charge on any atom is 0.247 e. The van der Waals surface area contributed by atoms with E-state index in [0.717, 1.165) is 5.03 Å². The average Bonchev–Trinajstić information content (AvgIpc) is 2.26. The maximum absolute atomic E-state index is 11.5. The molecule has 0 spiro atoms. The summed E-state index contributed by atoms with van der Waals surface area (Å²) in [5.74, 6) is 5.12. The molecule has 1 aromatic rings. The van der Waals surface area contributed by atoms with Crippen molar-refractivity contribution in [3.05, 3.63) is 18.6 Å². The van der Waals surface area contributed by atoms with Crippen LogP contribution < -0.4 is 11.3 Å². The highest BCUT2D eigenvalue weighted by atomic mass is 32.2. The molecule has 0 fully saturated rings. The van der Waals surface area contributed by atoms with Crippen molar-refractivity contribution in [2.24, 2.45) is 11.8 Å². The SMILES string of the molecule is CC(C)C(Sc1ccncn1)C(=O)NN. The molecule has 0 saturated heterocycles. The van der Waals surface area contributed by atoms with Gasteiger partial charge >= 0.3 is 0 Å². The van der Waals surface area contributed by atoms with Crippen LogP contribution in [0.25, 0.3) is 0 Å². The number of nitrogens with two attached hydrogens (primary N) is 1. The molecule has 1 aromatic heterocycles. The Kier molecular flexibility index (Phi) is 4.51. The van der Waals surface area contributed by atoms with E-state index >= 15 is 0 Å². The van der Waals surface area contributed by atoms with Gasteiger partial charge in [0.1, 0.15) is 11.4 Å². The summed E-state index contributed by atoms with van der Waals surface area (Å²) in [5, 5.41) is 0.539. The number of carbonyl (C=O) groups excluding carboxylic acids is 1. The average molecular weight is 226 g/mol. The second kappa shape index (κ2) is 5.67. The number of thioether (sulfide) groups is 1. The van der Waals surface area contributed by atoms with E-state index in [1.165, 1.54) is 18.1 Å². The van der Waals surface area contributed by atoms with Gasteiger partial charge in [-0.3, -0.25) is 10.2 Å². The predicted molar refractivity (Wildman–Crippen MR) is 58.8 cm³/mol. The van der Waals surface area contributed by atoms with Gasteiger partial charge in [0, 0.05) is 6.20 Å². The predicted octanol–water partition coefficient (Wildman–Crippen LogP) is 0.583. The molecular formula is C9H14N4OS. The van der Waals surface area contributed by atoms with E-state index in [2.05, 4.69) is 15.4 Å². The highest BCUT2D eigenvalue weighted by Gasteiger charge is 2.22. The third kappa shape index (κ3) is 3.49. The molecule has 15 heavy (non-hydrogen) atoms. The Balaban J connectivity index is 2.72. The summed E-state index contributed by atoms with van der Waals surface area (Å²) >= 11 is 1.39. The summed E-state index contributed by atoms with van der Waals surface area (Å²) in [6.07, 6.45) is 3.10. The smallest absolute Gasteiger partial charge is 0.247 e. The third-order valence-electron chi connectivity index (χ3n) is 1.81. The quantitative estimate of drug-likeness (QED) is 0.258. The summed E-state index contributed by atoms with van der Waals surface area (Å²) in [4.78, 5) is 19.3. The lowest BCUT2D eigenvalue weighted by atomic mass is 10.1. The lowest BCUT2D eigenvalue weighted by Crippen LogP contribution is -2.39. The molecule has 0 aliphatic carbocycles. The summed E-state index contributed by atoms with van der Waals surface area (Å²) in [5.41, 5.74) is 2.16. The van der Waals surface area contributed by atoms with Gasteiger partial charge in [-0.05, 0) is 12.0 Å². The van der Waals surface area contributed by atoms with E-state index in [4.69, 9.17) is 5.84 Å². The van der Waals surface area contributed by atoms with Gasteiger partial charge in [-0.1, -0.05) is 25.6 Å². The van der Waals surface area contributed by atoms with Crippen molar-refractivity contribution in [1.29, 1.82) is 0 Å². The van der Waals surface area contributed by atoms with Crippen LogP contribution in [0.15, 0.2) is 23.6 Å². The molecular weight excluding hydrogens is 212 g/mol. The topological polar surface area (TPSA) is 80.9 Å². The number of hydrazine groups is 1. The van der Waals surface area contributed by atoms with E-state index in [1.54, 1.807) is 12.3 Å². The lowest BCUT2D eigenvalue weighted by molar-refractivity contribution is -0.121. The third-order valence-corrected chi connectivity index (χ3v) is 3.30. The monoisotopic (exact) mass is 226 g/mol. The van der Waals surface area contributed by atoms with Crippen LogP contribution in [-0.4, -0.2) is 21.1 Å². The highest BCUT2D eigenvalue weighted by Crippen LogP contribution is 2.25. The summed E-state index contributed by atoms with van der Waals surface area (Å²) in [6.45, 7) is 3.93. The van der Waals surface area contributed by atoms with Gasteiger partial charge in [-0.15, -0.1) is 0 Å². The van der Waals surface area contributed by atoms with E-state index in [-0.39, 0.29) is 17.1 Å². The fraction of sp³-hybridized carbons (Fsp3) is 0.444. The Morgan fingerprint density at radius 3 is 2.80 bits per heavy atom. The van der Waals surface area contributed by atoms with Gasteiger partial charge in [-0.25, -0.2) is 15.8 Å². The molecule has 0 radical (unpaired) electrons. The zero-order chi connectivity index (χ0) is 11.3. The van der Waals surface area contributed by atoms with Gasteiger partial charge in [0.15, 0.2) is 0 Å². The Hall–Kier alpha value is -1.14. The van der Waals surface area contributed by atoms with Crippen molar-refractivity contribution in [1.82, 2.24) is 15.4 Å². The number of hydrogen-bond donors (Lipinski definition) is 2. The maximum atomic E-state index is 11.5. The largest absolute Gasteiger partial charge is 0.293 e. The number of nitrogens with one attached hydrogen (secondary N) is 1. The van der Waals surface area contributed by atoms with Crippen LogP contribution in [0.3, 0.4) is 0 Å². The van der Waals surface area contributed by atoms with E-state index in [1.807, 2.05) is 13.8 Å². The summed E-state index contributed by atoms with van der Waals surface area (Å²) in [7, 11) is 0. The first kappa shape index (κ1) is 11.9. The van der Waals surface area contributed by atoms with Gasteiger partial charge < -0.3 is 0 Å². The zero-order valence-electron chi connectivity index (χ0n) is 8.68. The summed E-state index contributed by atoms with van der Waals surface area (Å²) < 4.78 is 0. The molecule has 0 aliphatic rings. The molecule has 1 heterocycles. The van der Waals surface area contributed by atoms with Crippen molar-refractivity contribution < 1.29 is 4.79 Å². The molecule has 0 saturated carbocycles. The van der Waals surface area contributed by atoms with Crippen molar-refractivity contribution >= 4 is 17.7 Å². The van der Waals surface area contributed by atoms with Crippen LogP contribution in [0.1, 0.15) is 13.8 Å². The fourth-order valence-electron chi connectivity index (χ4n) is 1.05. The van der Waals surface area contributed by atoms with Crippen molar-refractivity contribution in [3.63, 3.8) is 0 Å². The minimum Gasteiger partial charge on any atom is -0.293 e. The second-order valence-electron chi connectivity index (χ2n) is 3.34. The van der Waals surface area contributed by atoms with Crippen molar-refractivity contribution in [2.75, 3.05) is 0 Å². The van der Waals surface area contributed by atoms with Crippen LogP contribution >= 0.6 is 11.8 Å². The first-order valence-corrected chi connectivity index (χ1v) is 5.46. The molecule has 1 amide bonds. The summed E-state index contributed by atoms with van der Waals surface area (Å²) in [6, 6.07) is 1.77. The van der Waals surface area contributed by atoms with Crippen molar-refractivity contribution in [2.45, 2.75) is 24.1 Å². The number of carbonyl (C=O) groups is 1. The molecule has 82 valence electrons. The van der Waals surface area contributed by atoms with E-state index in [0.29, 0.717) is 0 Å². The van der Waals surface area contributed by atoms with Crippen LogP contribution in [0.4, 0.5) is 0 Å². The molecule has 0 aromatic carbocycles. The van der Waals surface area contributed by atoms with E-state index in [9.17, 15) is 4.79 Å².